The van der Waals surface area contributed by atoms with E-state index in [0.717, 1.165) is 25.7 Å². The number of aliphatic carboxylic acids is 1. The van der Waals surface area contributed by atoms with E-state index in [4.69, 9.17) is 5.11 Å². The predicted octanol–water partition coefficient (Wildman–Crippen LogP) is -0.285. The first-order chi connectivity index (χ1) is 6.93. The van der Waals surface area contributed by atoms with Crippen molar-refractivity contribution in [3.63, 3.8) is 0 Å². The first kappa shape index (κ1) is 12.4. The van der Waals surface area contributed by atoms with Crippen molar-refractivity contribution in [1.82, 2.24) is 5.32 Å². The Morgan fingerprint density at radius 1 is 1.47 bits per heavy atom. The van der Waals surface area contributed by atoms with Gasteiger partial charge in [0.15, 0.2) is 5.60 Å². The molecule has 0 aromatic carbocycles. The molecule has 4 N–H and O–H groups in total. The summed E-state index contributed by atoms with van der Waals surface area (Å²) in [6.07, 6.45) is 3.19. The minimum Gasteiger partial charge on any atom is -0.479 e. The van der Waals surface area contributed by atoms with Gasteiger partial charge in [-0.05, 0) is 19.8 Å². The number of aliphatic hydroxyl groups excluding tert-OH is 1. The maximum Gasteiger partial charge on any atom is 0.336 e. The summed E-state index contributed by atoms with van der Waals surface area (Å²) >= 11 is 0. The molecular formula is C10H19NO4. The summed E-state index contributed by atoms with van der Waals surface area (Å²) in [6.45, 7) is 1.21. The molecule has 1 rings (SSSR count). The van der Waals surface area contributed by atoms with Crippen LogP contribution in [0.4, 0.5) is 0 Å². The highest BCUT2D eigenvalue weighted by atomic mass is 16.4. The Bertz CT molecular complexity index is 229. The number of carboxylic acid groups (broad SMARTS) is 1. The largest absolute Gasteiger partial charge is 0.479 e. The van der Waals surface area contributed by atoms with Gasteiger partial charge in [0.25, 0.3) is 0 Å². The summed E-state index contributed by atoms with van der Waals surface area (Å²) in [5.41, 5.74) is -1.77. The molecule has 88 valence electrons. The van der Waals surface area contributed by atoms with Crippen LogP contribution in [0.1, 0.15) is 32.6 Å². The topological polar surface area (TPSA) is 89.8 Å². The minimum absolute atomic E-state index is 0.0376. The molecule has 0 saturated heterocycles. The second-order valence-electron chi connectivity index (χ2n) is 4.42. The van der Waals surface area contributed by atoms with Gasteiger partial charge in [-0.25, -0.2) is 4.79 Å². The maximum absolute atomic E-state index is 10.6. The first-order valence-corrected chi connectivity index (χ1v) is 5.31. The van der Waals surface area contributed by atoms with Crippen LogP contribution in [0.25, 0.3) is 0 Å². The van der Waals surface area contributed by atoms with E-state index in [1.165, 1.54) is 6.92 Å². The molecule has 5 heteroatoms. The third kappa shape index (κ3) is 3.44. The molecule has 3 atom stereocenters. The highest BCUT2D eigenvalue weighted by Crippen LogP contribution is 2.18. The van der Waals surface area contributed by atoms with Crippen molar-refractivity contribution in [2.45, 2.75) is 50.4 Å². The van der Waals surface area contributed by atoms with Crippen LogP contribution in [0.15, 0.2) is 0 Å². The second kappa shape index (κ2) is 4.92. The number of hydrogen-bond acceptors (Lipinski definition) is 4. The van der Waals surface area contributed by atoms with E-state index < -0.39 is 17.7 Å². The van der Waals surface area contributed by atoms with Crippen LogP contribution in [-0.4, -0.2) is 45.6 Å². The molecule has 1 saturated carbocycles. The SMILES string of the molecule is CC(O)(CNC1CCCCC1O)C(=O)O. The number of carboxylic acids is 1. The van der Waals surface area contributed by atoms with Crippen LogP contribution in [0, 0.1) is 0 Å². The van der Waals surface area contributed by atoms with Crippen molar-refractivity contribution in [1.29, 1.82) is 0 Å². The lowest BCUT2D eigenvalue weighted by molar-refractivity contribution is -0.156. The smallest absolute Gasteiger partial charge is 0.336 e. The van der Waals surface area contributed by atoms with Gasteiger partial charge in [0, 0.05) is 12.6 Å². The molecule has 0 spiro atoms. The third-order valence-corrected chi connectivity index (χ3v) is 2.90. The van der Waals surface area contributed by atoms with Crippen LogP contribution in [-0.2, 0) is 4.79 Å². The standard InChI is InChI=1S/C10H19NO4/c1-10(15,9(13)14)6-11-7-4-2-3-5-8(7)12/h7-8,11-12,15H,2-6H2,1H3,(H,13,14). The van der Waals surface area contributed by atoms with E-state index in [1.54, 1.807) is 0 Å². The van der Waals surface area contributed by atoms with Crippen molar-refractivity contribution in [3.05, 3.63) is 0 Å². The zero-order valence-corrected chi connectivity index (χ0v) is 8.94. The lowest BCUT2D eigenvalue weighted by atomic mass is 9.92. The summed E-state index contributed by atoms with van der Waals surface area (Å²) < 4.78 is 0. The molecule has 0 aliphatic heterocycles. The molecule has 0 aromatic rings. The lowest BCUT2D eigenvalue weighted by Gasteiger charge is -2.30. The Balaban J connectivity index is 2.38. The number of hydrogen-bond donors (Lipinski definition) is 4. The molecule has 0 radical (unpaired) electrons. The van der Waals surface area contributed by atoms with Crippen molar-refractivity contribution < 1.29 is 20.1 Å². The fraction of sp³-hybridized carbons (Fsp3) is 0.900. The van der Waals surface area contributed by atoms with Gasteiger partial charge in [0.05, 0.1) is 6.10 Å². The number of carbonyl (C=O) groups is 1. The van der Waals surface area contributed by atoms with Gasteiger partial charge >= 0.3 is 5.97 Å². The monoisotopic (exact) mass is 217 g/mol. The maximum atomic E-state index is 10.6. The third-order valence-electron chi connectivity index (χ3n) is 2.90. The van der Waals surface area contributed by atoms with E-state index >= 15 is 0 Å². The van der Waals surface area contributed by atoms with Crippen LogP contribution in [0.5, 0.6) is 0 Å². The van der Waals surface area contributed by atoms with Crippen LogP contribution in [0.3, 0.4) is 0 Å². The van der Waals surface area contributed by atoms with Crippen molar-refractivity contribution in [2.75, 3.05) is 6.54 Å². The number of rotatable bonds is 4. The Labute approximate surface area is 89.1 Å². The first-order valence-electron chi connectivity index (χ1n) is 5.31. The van der Waals surface area contributed by atoms with Crippen molar-refractivity contribution in [2.24, 2.45) is 0 Å². The van der Waals surface area contributed by atoms with Gasteiger partial charge < -0.3 is 20.6 Å². The van der Waals surface area contributed by atoms with Crippen LogP contribution >= 0.6 is 0 Å². The van der Waals surface area contributed by atoms with Gasteiger partial charge in [0.2, 0.25) is 0 Å². The average Bonchev–Trinajstić information content (AvgIpc) is 2.16. The Morgan fingerprint density at radius 3 is 2.60 bits per heavy atom. The summed E-state index contributed by atoms with van der Waals surface area (Å²) in [7, 11) is 0. The van der Waals surface area contributed by atoms with Crippen LogP contribution < -0.4 is 5.32 Å². The van der Waals surface area contributed by atoms with E-state index in [1.807, 2.05) is 0 Å². The van der Waals surface area contributed by atoms with Gasteiger partial charge in [-0.2, -0.15) is 0 Å². The highest BCUT2D eigenvalue weighted by molar-refractivity contribution is 5.76. The van der Waals surface area contributed by atoms with E-state index in [0.29, 0.717) is 0 Å². The summed E-state index contributed by atoms with van der Waals surface area (Å²) in [4.78, 5) is 10.6. The van der Waals surface area contributed by atoms with E-state index in [-0.39, 0.29) is 12.6 Å². The molecule has 1 aliphatic rings. The molecule has 5 nitrogen and oxygen atoms in total. The zero-order valence-electron chi connectivity index (χ0n) is 8.94. The Kier molecular flexibility index (Phi) is 4.07. The zero-order chi connectivity index (χ0) is 11.5. The molecule has 15 heavy (non-hydrogen) atoms. The van der Waals surface area contributed by atoms with Crippen molar-refractivity contribution in [3.8, 4) is 0 Å². The summed E-state index contributed by atoms with van der Waals surface area (Å²) in [5, 5.41) is 30.7. The number of aliphatic hydroxyl groups is 2. The van der Waals surface area contributed by atoms with Crippen LogP contribution in [0.2, 0.25) is 0 Å². The second-order valence-corrected chi connectivity index (χ2v) is 4.42. The fourth-order valence-corrected chi connectivity index (χ4v) is 1.75. The van der Waals surface area contributed by atoms with Gasteiger partial charge in [0.1, 0.15) is 0 Å². The van der Waals surface area contributed by atoms with E-state index in [9.17, 15) is 15.0 Å². The summed E-state index contributed by atoms with van der Waals surface area (Å²) in [5.74, 6) is -1.25. The molecule has 0 heterocycles. The normalized spacial score (nSPS) is 30.9. The molecule has 1 aliphatic carbocycles. The summed E-state index contributed by atoms with van der Waals surface area (Å²) in [6, 6.07) is -0.0930. The van der Waals surface area contributed by atoms with Gasteiger partial charge in [-0.1, -0.05) is 12.8 Å². The predicted molar refractivity (Wildman–Crippen MR) is 54.5 cm³/mol. The Morgan fingerprint density at radius 2 is 2.07 bits per heavy atom. The number of nitrogens with one attached hydrogen (secondary N) is 1. The molecule has 0 amide bonds. The molecule has 0 aromatic heterocycles. The van der Waals surface area contributed by atoms with E-state index in [2.05, 4.69) is 5.32 Å². The average molecular weight is 217 g/mol. The lowest BCUT2D eigenvalue weighted by Crippen LogP contribution is -2.51. The fourth-order valence-electron chi connectivity index (χ4n) is 1.75. The van der Waals surface area contributed by atoms with Crippen molar-refractivity contribution >= 4 is 5.97 Å². The molecule has 1 fully saturated rings. The Hall–Kier alpha value is -0.650. The molecule has 3 unspecified atom stereocenters. The minimum atomic E-state index is -1.77. The highest BCUT2D eigenvalue weighted by Gasteiger charge is 2.32. The molecule has 0 bridgehead atoms. The van der Waals surface area contributed by atoms with Gasteiger partial charge in [-0.15, -0.1) is 0 Å². The molecular weight excluding hydrogens is 198 g/mol. The van der Waals surface area contributed by atoms with Gasteiger partial charge in [-0.3, -0.25) is 0 Å². The quantitative estimate of drug-likeness (QED) is 0.520.